The van der Waals surface area contributed by atoms with Gasteiger partial charge in [-0.05, 0) is 75.4 Å². The van der Waals surface area contributed by atoms with E-state index in [2.05, 4.69) is 10.2 Å². The lowest BCUT2D eigenvalue weighted by Crippen LogP contribution is -2.52. The molecule has 1 saturated carbocycles. The maximum atomic E-state index is 12.9. The topological polar surface area (TPSA) is 79.0 Å². The monoisotopic (exact) mass is 425 g/mol. The Morgan fingerprint density at radius 3 is 2.55 bits per heavy atom. The van der Waals surface area contributed by atoms with E-state index in [0.717, 1.165) is 17.7 Å². The number of ether oxygens (including phenoxy) is 1. The fourth-order valence-corrected chi connectivity index (χ4v) is 5.68. The summed E-state index contributed by atoms with van der Waals surface area (Å²) >= 11 is 0. The molecule has 3 amide bonds. The molecule has 3 heterocycles. The molecule has 2 saturated heterocycles. The molecule has 1 unspecified atom stereocenters. The van der Waals surface area contributed by atoms with Crippen molar-refractivity contribution < 1.29 is 19.1 Å². The van der Waals surface area contributed by atoms with E-state index in [-0.39, 0.29) is 30.2 Å². The maximum absolute atomic E-state index is 12.9. The Kier molecular flexibility index (Phi) is 5.69. The highest BCUT2D eigenvalue weighted by molar-refractivity contribution is 6.05. The van der Waals surface area contributed by atoms with Crippen LogP contribution < -0.4 is 10.1 Å². The Morgan fingerprint density at radius 2 is 1.74 bits per heavy atom. The van der Waals surface area contributed by atoms with E-state index >= 15 is 0 Å². The van der Waals surface area contributed by atoms with Crippen molar-refractivity contribution in [1.82, 2.24) is 15.1 Å². The van der Waals surface area contributed by atoms with Crippen molar-refractivity contribution in [3.8, 4) is 5.75 Å². The maximum Gasteiger partial charge on any atom is 0.255 e. The minimum absolute atomic E-state index is 0.139. The molecule has 1 aromatic carbocycles. The minimum atomic E-state index is -0.580. The zero-order valence-corrected chi connectivity index (χ0v) is 18.0. The Labute approximate surface area is 183 Å². The third-order valence-corrected chi connectivity index (χ3v) is 7.31. The molecule has 1 aliphatic carbocycles. The number of carbonyl (C=O) groups is 3. The number of likely N-dealkylation sites (tertiary alicyclic amines) is 1. The highest BCUT2D eigenvalue weighted by atomic mass is 16.5. The van der Waals surface area contributed by atoms with Crippen LogP contribution in [0.1, 0.15) is 73.7 Å². The molecule has 31 heavy (non-hydrogen) atoms. The van der Waals surface area contributed by atoms with Crippen molar-refractivity contribution in [2.45, 2.75) is 82.5 Å². The summed E-state index contributed by atoms with van der Waals surface area (Å²) < 4.78 is 6.50. The predicted octanol–water partition coefficient (Wildman–Crippen LogP) is 2.62. The Hall–Kier alpha value is -2.41. The number of hydrogen-bond donors (Lipinski definition) is 1. The van der Waals surface area contributed by atoms with Gasteiger partial charge in [0.2, 0.25) is 11.8 Å². The second-order valence-electron chi connectivity index (χ2n) is 9.32. The van der Waals surface area contributed by atoms with Crippen LogP contribution >= 0.6 is 0 Å². The van der Waals surface area contributed by atoms with Crippen molar-refractivity contribution in [1.29, 1.82) is 0 Å². The number of piperidine rings is 2. The van der Waals surface area contributed by atoms with Crippen molar-refractivity contribution >= 4 is 17.7 Å². The second kappa shape index (κ2) is 8.61. The van der Waals surface area contributed by atoms with Crippen LogP contribution in [-0.2, 0) is 16.1 Å². The molecule has 7 nitrogen and oxygen atoms in total. The summed E-state index contributed by atoms with van der Waals surface area (Å²) in [5, 5.41) is 2.35. The molecule has 1 aromatic rings. The summed E-state index contributed by atoms with van der Waals surface area (Å²) in [4.78, 5) is 40.8. The van der Waals surface area contributed by atoms with E-state index in [0.29, 0.717) is 24.6 Å². The number of rotatable bonds is 4. The summed E-state index contributed by atoms with van der Waals surface area (Å²) in [6.07, 6.45) is 9.45. The van der Waals surface area contributed by atoms with Crippen LogP contribution in [0.5, 0.6) is 5.75 Å². The Morgan fingerprint density at radius 1 is 0.935 bits per heavy atom. The van der Waals surface area contributed by atoms with Crippen LogP contribution in [0.3, 0.4) is 0 Å². The molecule has 3 atom stereocenters. The van der Waals surface area contributed by atoms with Crippen molar-refractivity contribution in [3.05, 3.63) is 29.3 Å². The second-order valence-corrected chi connectivity index (χ2v) is 9.32. The first-order valence-corrected chi connectivity index (χ1v) is 11.8. The van der Waals surface area contributed by atoms with Gasteiger partial charge >= 0.3 is 0 Å². The molecule has 0 radical (unpaired) electrons. The van der Waals surface area contributed by atoms with E-state index in [1.54, 1.807) is 4.90 Å². The van der Waals surface area contributed by atoms with Gasteiger partial charge in [0.25, 0.3) is 5.91 Å². The number of amides is 3. The van der Waals surface area contributed by atoms with Gasteiger partial charge in [0.1, 0.15) is 17.9 Å². The normalized spacial score (nSPS) is 29.6. The number of nitrogens with zero attached hydrogens (tertiary/aromatic N) is 2. The average molecular weight is 426 g/mol. The lowest BCUT2D eigenvalue weighted by atomic mass is 9.90. The van der Waals surface area contributed by atoms with Crippen LogP contribution in [0.4, 0.5) is 0 Å². The molecule has 5 rings (SSSR count). The fraction of sp³-hybridized carbons (Fsp3) is 0.625. The van der Waals surface area contributed by atoms with Crippen LogP contribution in [0.2, 0.25) is 0 Å². The molecule has 7 heteroatoms. The first-order chi connectivity index (χ1) is 15.1. The summed E-state index contributed by atoms with van der Waals surface area (Å²) in [6, 6.07) is 5.60. The minimum Gasteiger partial charge on any atom is -0.489 e. The molecule has 0 bridgehead atoms. The molecule has 3 aliphatic heterocycles. The zero-order chi connectivity index (χ0) is 21.4. The number of benzene rings is 1. The van der Waals surface area contributed by atoms with Crippen LogP contribution in [-0.4, -0.2) is 58.8 Å². The molecule has 0 aromatic heterocycles. The highest BCUT2D eigenvalue weighted by Crippen LogP contribution is 2.33. The quantitative estimate of drug-likeness (QED) is 0.751. The average Bonchev–Trinajstić information content (AvgIpc) is 3.10. The highest BCUT2D eigenvalue weighted by Gasteiger charge is 2.39. The predicted molar refractivity (Wildman–Crippen MR) is 115 cm³/mol. The SMILES string of the molecule is O=C1CCC(N2Cc3cc(O[C@H]4CCCC[C@@H]4N4CCCCC4)ccc3C2=O)C(=O)N1. The smallest absolute Gasteiger partial charge is 0.255 e. The molecule has 1 N–H and O–H groups in total. The van der Waals surface area contributed by atoms with Gasteiger partial charge in [-0.2, -0.15) is 0 Å². The molecule has 3 fully saturated rings. The van der Waals surface area contributed by atoms with Crippen molar-refractivity contribution in [2.75, 3.05) is 13.1 Å². The van der Waals surface area contributed by atoms with Crippen molar-refractivity contribution in [3.63, 3.8) is 0 Å². The molecular weight excluding hydrogens is 394 g/mol. The number of nitrogens with one attached hydrogen (secondary N) is 1. The number of imide groups is 1. The lowest BCUT2D eigenvalue weighted by Gasteiger charge is -2.41. The summed E-state index contributed by atoms with van der Waals surface area (Å²) in [6.45, 7) is 2.73. The standard InChI is InChI=1S/C24H31N3O4/c28-22-11-10-20(23(29)25-22)27-15-16-14-17(8-9-18(16)24(27)30)31-21-7-3-2-6-19(21)26-12-4-1-5-13-26/h8-9,14,19-21H,1-7,10-13,15H2,(H,25,28,29)/t19-,20?,21-/m0/s1. The van der Waals surface area contributed by atoms with Crippen molar-refractivity contribution in [2.24, 2.45) is 0 Å². The fourth-order valence-electron chi connectivity index (χ4n) is 5.68. The lowest BCUT2D eigenvalue weighted by molar-refractivity contribution is -0.136. The summed E-state index contributed by atoms with van der Waals surface area (Å²) in [5.41, 5.74) is 1.53. The van der Waals surface area contributed by atoms with Gasteiger partial charge in [0, 0.05) is 24.6 Å². The number of fused-ring (bicyclic) bond motifs is 1. The van der Waals surface area contributed by atoms with E-state index in [1.165, 1.54) is 51.6 Å². The first kappa shape index (κ1) is 20.5. The largest absolute Gasteiger partial charge is 0.489 e. The molecule has 0 spiro atoms. The van der Waals surface area contributed by atoms with Gasteiger partial charge in [-0.15, -0.1) is 0 Å². The Bertz CT molecular complexity index is 880. The third kappa shape index (κ3) is 4.07. The zero-order valence-electron chi connectivity index (χ0n) is 18.0. The van der Waals surface area contributed by atoms with Gasteiger partial charge in [-0.25, -0.2) is 0 Å². The van der Waals surface area contributed by atoms with Crippen LogP contribution in [0.15, 0.2) is 18.2 Å². The van der Waals surface area contributed by atoms with E-state index in [9.17, 15) is 14.4 Å². The summed E-state index contributed by atoms with van der Waals surface area (Å²) in [5.74, 6) is 0.0304. The van der Waals surface area contributed by atoms with Crippen LogP contribution in [0.25, 0.3) is 0 Å². The van der Waals surface area contributed by atoms with E-state index in [4.69, 9.17) is 4.74 Å². The number of hydrogen-bond acceptors (Lipinski definition) is 5. The third-order valence-electron chi connectivity index (χ3n) is 7.31. The van der Waals surface area contributed by atoms with E-state index < -0.39 is 6.04 Å². The van der Waals surface area contributed by atoms with E-state index in [1.807, 2.05) is 18.2 Å². The molecule has 166 valence electrons. The van der Waals surface area contributed by atoms with Gasteiger partial charge in [0.15, 0.2) is 0 Å². The first-order valence-electron chi connectivity index (χ1n) is 11.8. The number of carbonyl (C=O) groups excluding carboxylic acids is 3. The van der Waals surface area contributed by atoms with Gasteiger partial charge in [0.05, 0.1) is 0 Å². The molecular formula is C24H31N3O4. The Balaban J connectivity index is 1.29. The van der Waals surface area contributed by atoms with Gasteiger partial charge < -0.3 is 9.64 Å². The van der Waals surface area contributed by atoms with Gasteiger partial charge in [-0.3, -0.25) is 24.6 Å². The van der Waals surface area contributed by atoms with Crippen LogP contribution in [0, 0.1) is 0 Å². The molecule has 4 aliphatic rings. The summed E-state index contributed by atoms with van der Waals surface area (Å²) in [7, 11) is 0. The van der Waals surface area contributed by atoms with Gasteiger partial charge in [-0.1, -0.05) is 12.8 Å².